The Balaban J connectivity index is 1.75. The van der Waals surface area contributed by atoms with Crippen LogP contribution in [-0.2, 0) is 11.2 Å². The molecule has 2 N–H and O–H groups in total. The Morgan fingerprint density at radius 3 is 3.11 bits per heavy atom. The zero-order valence-corrected chi connectivity index (χ0v) is 11.8. The van der Waals surface area contributed by atoms with Gasteiger partial charge in [0.2, 0.25) is 0 Å². The van der Waals surface area contributed by atoms with Crippen molar-refractivity contribution in [1.82, 2.24) is 5.32 Å². The van der Waals surface area contributed by atoms with Crippen LogP contribution in [0.15, 0.2) is 24.3 Å². The van der Waals surface area contributed by atoms with Crippen molar-refractivity contribution in [2.24, 2.45) is 0 Å². The Hall–Kier alpha value is -0.900. The Bertz CT molecular complexity index is 381. The highest BCUT2D eigenvalue weighted by Crippen LogP contribution is 2.30. The molecule has 2 rings (SSSR count). The average Bonchev–Trinajstić information content (AvgIpc) is 2.44. The van der Waals surface area contributed by atoms with Gasteiger partial charge >= 0.3 is 0 Å². The lowest BCUT2D eigenvalue weighted by molar-refractivity contribution is 0.0594. The van der Waals surface area contributed by atoms with Gasteiger partial charge in [-0.1, -0.05) is 24.3 Å². The van der Waals surface area contributed by atoms with Gasteiger partial charge in [0, 0.05) is 13.7 Å². The van der Waals surface area contributed by atoms with E-state index in [1.54, 1.807) is 7.11 Å². The molecule has 1 aromatic rings. The van der Waals surface area contributed by atoms with Gasteiger partial charge in [-0.15, -0.1) is 0 Å². The van der Waals surface area contributed by atoms with Crippen molar-refractivity contribution in [3.8, 4) is 0 Å². The molecule has 1 aliphatic carbocycles. The quantitative estimate of drug-likeness (QED) is 0.740. The summed E-state index contributed by atoms with van der Waals surface area (Å²) in [6.45, 7) is 2.29. The van der Waals surface area contributed by atoms with Crippen molar-refractivity contribution in [2.45, 2.75) is 37.7 Å². The van der Waals surface area contributed by atoms with Gasteiger partial charge in [0.15, 0.2) is 0 Å². The van der Waals surface area contributed by atoms with E-state index in [1.165, 1.54) is 30.4 Å². The van der Waals surface area contributed by atoms with Gasteiger partial charge in [-0.05, 0) is 49.3 Å². The fraction of sp³-hybridized carbons (Fsp3) is 0.625. The number of hydrogen-bond acceptors (Lipinski definition) is 3. The molecule has 3 nitrogen and oxygen atoms in total. The maximum absolute atomic E-state index is 9.58. The third-order valence-electron chi connectivity index (χ3n) is 3.90. The van der Waals surface area contributed by atoms with Gasteiger partial charge in [-0.3, -0.25) is 0 Å². The first kappa shape index (κ1) is 14.5. The molecular formula is C16H25NO2. The highest BCUT2D eigenvalue weighted by atomic mass is 16.5. The van der Waals surface area contributed by atoms with E-state index in [0.717, 1.165) is 19.5 Å². The Kier molecular flexibility index (Phi) is 5.83. The molecule has 0 radical (unpaired) electrons. The lowest BCUT2D eigenvalue weighted by Crippen LogP contribution is -2.28. The van der Waals surface area contributed by atoms with Crippen LogP contribution in [-0.4, -0.2) is 38.0 Å². The van der Waals surface area contributed by atoms with E-state index in [4.69, 9.17) is 4.74 Å². The number of ether oxygens (including phenoxy) is 1. The second-order valence-corrected chi connectivity index (χ2v) is 5.39. The summed E-state index contributed by atoms with van der Waals surface area (Å²) in [5, 5.41) is 13.0. The van der Waals surface area contributed by atoms with Crippen LogP contribution in [0.1, 0.15) is 36.3 Å². The molecule has 1 aromatic carbocycles. The lowest BCUT2D eigenvalue weighted by atomic mass is 9.83. The Morgan fingerprint density at radius 1 is 1.42 bits per heavy atom. The van der Waals surface area contributed by atoms with Crippen LogP contribution >= 0.6 is 0 Å². The molecule has 1 aliphatic rings. The van der Waals surface area contributed by atoms with Crippen LogP contribution in [0.2, 0.25) is 0 Å². The first-order chi connectivity index (χ1) is 9.31. The second kappa shape index (κ2) is 7.63. The number of nitrogens with one attached hydrogen (secondary N) is 1. The third kappa shape index (κ3) is 4.30. The van der Waals surface area contributed by atoms with Crippen LogP contribution in [0.5, 0.6) is 0 Å². The summed E-state index contributed by atoms with van der Waals surface area (Å²) >= 11 is 0. The zero-order chi connectivity index (χ0) is 13.5. The van der Waals surface area contributed by atoms with Crippen molar-refractivity contribution in [1.29, 1.82) is 0 Å². The number of rotatable bonds is 7. The van der Waals surface area contributed by atoms with Crippen molar-refractivity contribution < 1.29 is 9.84 Å². The maximum Gasteiger partial charge on any atom is 0.0785 e. The predicted octanol–water partition coefficient (Wildman–Crippen LogP) is 2.09. The number of aliphatic hydroxyl groups excluding tert-OH is 1. The maximum atomic E-state index is 9.58. The van der Waals surface area contributed by atoms with Gasteiger partial charge in [0.1, 0.15) is 0 Å². The lowest BCUT2D eigenvalue weighted by Gasteiger charge is -2.26. The molecule has 0 aromatic heterocycles. The molecule has 106 valence electrons. The van der Waals surface area contributed by atoms with E-state index >= 15 is 0 Å². The minimum absolute atomic E-state index is 0.351. The Morgan fingerprint density at radius 2 is 2.26 bits per heavy atom. The Labute approximate surface area is 116 Å². The van der Waals surface area contributed by atoms with Crippen molar-refractivity contribution in [3.05, 3.63) is 35.4 Å². The summed E-state index contributed by atoms with van der Waals surface area (Å²) in [6.07, 6.45) is 4.18. The molecule has 0 heterocycles. The van der Waals surface area contributed by atoms with E-state index in [2.05, 4.69) is 29.6 Å². The van der Waals surface area contributed by atoms with Gasteiger partial charge < -0.3 is 15.2 Å². The van der Waals surface area contributed by atoms with Gasteiger partial charge in [-0.25, -0.2) is 0 Å². The molecule has 0 saturated carbocycles. The van der Waals surface area contributed by atoms with E-state index in [0.29, 0.717) is 12.5 Å². The first-order valence-corrected chi connectivity index (χ1v) is 7.26. The first-order valence-electron chi connectivity index (χ1n) is 7.26. The summed E-state index contributed by atoms with van der Waals surface area (Å²) in [4.78, 5) is 0. The van der Waals surface area contributed by atoms with E-state index < -0.39 is 0 Å². The normalized spacial score (nSPS) is 20.0. The van der Waals surface area contributed by atoms with Gasteiger partial charge in [0.05, 0.1) is 12.7 Å². The number of benzene rings is 1. The van der Waals surface area contributed by atoms with Crippen LogP contribution in [0, 0.1) is 0 Å². The molecule has 0 aliphatic heterocycles. The number of methoxy groups -OCH3 is 1. The summed E-state index contributed by atoms with van der Waals surface area (Å²) in [6, 6.07) is 8.79. The van der Waals surface area contributed by atoms with E-state index in [9.17, 15) is 5.11 Å². The molecule has 0 fully saturated rings. The number of aliphatic hydroxyl groups is 1. The van der Waals surface area contributed by atoms with Crippen LogP contribution in [0.4, 0.5) is 0 Å². The molecule has 0 bridgehead atoms. The molecular weight excluding hydrogens is 238 g/mol. The summed E-state index contributed by atoms with van der Waals surface area (Å²) < 4.78 is 4.92. The van der Waals surface area contributed by atoms with Crippen LogP contribution in [0.25, 0.3) is 0 Å². The van der Waals surface area contributed by atoms with Crippen molar-refractivity contribution in [3.63, 3.8) is 0 Å². The standard InChI is InChI=1S/C16H25NO2/c1-19-12-15(18)9-10-17-11-14-7-4-6-13-5-2-3-8-16(13)14/h2-3,5,8,14-15,17-18H,4,6-7,9-12H2,1H3. The second-order valence-electron chi connectivity index (χ2n) is 5.39. The minimum Gasteiger partial charge on any atom is -0.391 e. The highest BCUT2D eigenvalue weighted by Gasteiger charge is 2.19. The number of fused-ring (bicyclic) bond motifs is 1. The summed E-state index contributed by atoms with van der Waals surface area (Å²) in [5.41, 5.74) is 3.03. The van der Waals surface area contributed by atoms with Crippen LogP contribution < -0.4 is 5.32 Å². The van der Waals surface area contributed by atoms with Crippen molar-refractivity contribution >= 4 is 0 Å². The minimum atomic E-state index is -0.351. The largest absolute Gasteiger partial charge is 0.391 e. The smallest absolute Gasteiger partial charge is 0.0785 e. The molecule has 0 saturated heterocycles. The third-order valence-corrected chi connectivity index (χ3v) is 3.90. The number of hydrogen-bond donors (Lipinski definition) is 2. The molecule has 2 atom stereocenters. The molecule has 0 spiro atoms. The van der Waals surface area contributed by atoms with E-state index in [-0.39, 0.29) is 6.10 Å². The summed E-state index contributed by atoms with van der Waals surface area (Å²) in [5.74, 6) is 0.629. The fourth-order valence-corrected chi connectivity index (χ4v) is 2.89. The topological polar surface area (TPSA) is 41.5 Å². The zero-order valence-electron chi connectivity index (χ0n) is 11.8. The monoisotopic (exact) mass is 263 g/mol. The molecule has 3 heteroatoms. The van der Waals surface area contributed by atoms with Crippen molar-refractivity contribution in [2.75, 3.05) is 26.8 Å². The SMILES string of the molecule is COCC(O)CCNCC1CCCc2ccccc21. The molecule has 19 heavy (non-hydrogen) atoms. The molecule has 2 unspecified atom stereocenters. The average molecular weight is 263 g/mol. The van der Waals surface area contributed by atoms with Gasteiger partial charge in [0.25, 0.3) is 0 Å². The molecule has 0 amide bonds. The van der Waals surface area contributed by atoms with Crippen LogP contribution in [0.3, 0.4) is 0 Å². The van der Waals surface area contributed by atoms with E-state index in [1.807, 2.05) is 0 Å². The summed E-state index contributed by atoms with van der Waals surface area (Å²) in [7, 11) is 1.62. The van der Waals surface area contributed by atoms with Gasteiger partial charge in [-0.2, -0.15) is 0 Å². The fourth-order valence-electron chi connectivity index (χ4n) is 2.89. The predicted molar refractivity (Wildman–Crippen MR) is 77.5 cm³/mol. The highest BCUT2D eigenvalue weighted by molar-refractivity contribution is 5.32. The number of aryl methyl sites for hydroxylation is 1.